The van der Waals surface area contributed by atoms with Gasteiger partial charge in [-0.15, -0.1) is 0 Å². The van der Waals surface area contributed by atoms with Crippen LogP contribution in [0.15, 0.2) is 45.9 Å². The Hall–Kier alpha value is -2.35. The molecule has 1 heterocycles. The highest BCUT2D eigenvalue weighted by Crippen LogP contribution is 2.25. The molecule has 0 unspecified atom stereocenters. The van der Waals surface area contributed by atoms with Crippen LogP contribution in [-0.4, -0.2) is 26.5 Å². The van der Waals surface area contributed by atoms with Gasteiger partial charge in [-0.05, 0) is 24.3 Å². The topological polar surface area (TPSA) is 87.8 Å². The fourth-order valence-electron chi connectivity index (χ4n) is 1.55. The van der Waals surface area contributed by atoms with Gasteiger partial charge < -0.3 is 9.52 Å². The van der Waals surface area contributed by atoms with Crippen LogP contribution in [0.2, 0.25) is 0 Å². The fourth-order valence-corrected chi connectivity index (χ4v) is 2.66. The summed E-state index contributed by atoms with van der Waals surface area (Å²) >= 11 is 0. The average Bonchev–Trinajstić information content (AvgIpc) is 2.89. The van der Waals surface area contributed by atoms with E-state index in [1.54, 1.807) is 0 Å². The van der Waals surface area contributed by atoms with Gasteiger partial charge >= 0.3 is 5.97 Å². The second-order valence-corrected chi connectivity index (χ2v) is 5.75. The number of carboxylic acids is 1. The van der Waals surface area contributed by atoms with Gasteiger partial charge in [0.25, 0.3) is 10.0 Å². The first kappa shape index (κ1) is 14.1. The number of carbonyl (C=O) groups is 1. The summed E-state index contributed by atoms with van der Waals surface area (Å²) in [7, 11) is -3.01. The molecule has 20 heavy (non-hydrogen) atoms. The van der Waals surface area contributed by atoms with Crippen LogP contribution in [-0.2, 0) is 10.0 Å². The van der Waals surface area contributed by atoms with E-state index in [2.05, 4.69) is 0 Å². The van der Waals surface area contributed by atoms with E-state index in [0.29, 0.717) is 4.31 Å². The number of furan rings is 1. The molecule has 0 saturated heterocycles. The lowest BCUT2D eigenvalue weighted by molar-refractivity contribution is 0.0656. The van der Waals surface area contributed by atoms with Crippen molar-refractivity contribution in [2.24, 2.45) is 0 Å². The van der Waals surface area contributed by atoms with Crippen molar-refractivity contribution in [3.63, 3.8) is 0 Å². The van der Waals surface area contributed by atoms with Gasteiger partial charge in [-0.25, -0.2) is 9.18 Å². The molecule has 0 bridgehead atoms. The first-order chi connectivity index (χ1) is 9.34. The number of para-hydroxylation sites is 1. The zero-order valence-electron chi connectivity index (χ0n) is 10.3. The van der Waals surface area contributed by atoms with Crippen LogP contribution < -0.4 is 4.31 Å². The maximum atomic E-state index is 13.6. The molecule has 0 spiro atoms. The third-order valence-corrected chi connectivity index (χ3v) is 4.24. The van der Waals surface area contributed by atoms with Gasteiger partial charge in [-0.2, -0.15) is 8.42 Å². The molecule has 8 heteroatoms. The number of aromatic carboxylic acids is 1. The smallest absolute Gasteiger partial charge is 0.371 e. The van der Waals surface area contributed by atoms with Gasteiger partial charge in [0.2, 0.25) is 10.9 Å². The molecular weight excluding hydrogens is 289 g/mol. The molecule has 0 saturated carbocycles. The summed E-state index contributed by atoms with van der Waals surface area (Å²) in [5.41, 5.74) is -0.166. The van der Waals surface area contributed by atoms with Gasteiger partial charge in [0.15, 0.2) is 0 Å². The Bertz CT molecular complexity index is 753. The molecule has 0 fully saturated rings. The number of benzene rings is 1. The number of carboxylic acid groups (broad SMARTS) is 1. The maximum absolute atomic E-state index is 13.6. The highest BCUT2D eigenvalue weighted by molar-refractivity contribution is 7.92. The van der Waals surface area contributed by atoms with Crippen LogP contribution in [0.4, 0.5) is 10.1 Å². The number of hydrogen-bond donors (Lipinski definition) is 1. The highest BCUT2D eigenvalue weighted by Gasteiger charge is 2.27. The summed E-state index contributed by atoms with van der Waals surface area (Å²) in [5, 5.41) is 8.13. The highest BCUT2D eigenvalue weighted by atomic mass is 32.2. The zero-order chi connectivity index (χ0) is 14.9. The Kier molecular flexibility index (Phi) is 3.49. The van der Waals surface area contributed by atoms with E-state index in [0.717, 1.165) is 25.2 Å². The number of halogens is 1. The predicted molar refractivity (Wildman–Crippen MR) is 67.7 cm³/mol. The minimum atomic E-state index is -4.16. The Morgan fingerprint density at radius 3 is 2.45 bits per heavy atom. The van der Waals surface area contributed by atoms with Crippen LogP contribution in [0.5, 0.6) is 0 Å². The van der Waals surface area contributed by atoms with E-state index < -0.39 is 32.7 Å². The number of anilines is 1. The summed E-state index contributed by atoms with van der Waals surface area (Å²) in [6.07, 6.45) is 0. The van der Waals surface area contributed by atoms with Crippen molar-refractivity contribution in [2.45, 2.75) is 5.09 Å². The second kappa shape index (κ2) is 4.97. The Balaban J connectivity index is 2.44. The largest absolute Gasteiger partial charge is 0.475 e. The summed E-state index contributed by atoms with van der Waals surface area (Å²) in [4.78, 5) is 10.7. The summed E-state index contributed by atoms with van der Waals surface area (Å²) in [6.45, 7) is 0. The van der Waals surface area contributed by atoms with Crippen molar-refractivity contribution in [1.82, 2.24) is 0 Å². The molecular formula is C12H10FNO5S. The molecule has 0 atom stereocenters. The Morgan fingerprint density at radius 1 is 1.25 bits per heavy atom. The molecule has 0 aliphatic carbocycles. The van der Waals surface area contributed by atoms with E-state index in [-0.39, 0.29) is 5.69 Å². The minimum absolute atomic E-state index is 0.166. The Morgan fingerprint density at radius 2 is 1.90 bits per heavy atom. The number of hydrogen-bond acceptors (Lipinski definition) is 4. The molecule has 0 aliphatic heterocycles. The lowest BCUT2D eigenvalue weighted by Gasteiger charge is -2.18. The maximum Gasteiger partial charge on any atom is 0.371 e. The first-order valence-electron chi connectivity index (χ1n) is 5.40. The van der Waals surface area contributed by atoms with Crippen molar-refractivity contribution < 1.29 is 27.1 Å². The summed E-state index contributed by atoms with van der Waals surface area (Å²) < 4.78 is 43.4. The predicted octanol–water partition coefficient (Wildman–Crippen LogP) is 1.94. The monoisotopic (exact) mass is 299 g/mol. The zero-order valence-corrected chi connectivity index (χ0v) is 11.1. The fraction of sp³-hybridized carbons (Fsp3) is 0.0833. The van der Waals surface area contributed by atoms with E-state index >= 15 is 0 Å². The van der Waals surface area contributed by atoms with Crippen LogP contribution in [0.3, 0.4) is 0 Å². The SMILES string of the molecule is CN(c1ccccc1F)S(=O)(=O)c1ccc(C(=O)O)o1. The Labute approximate surface area is 114 Å². The van der Waals surface area contributed by atoms with Crippen molar-refractivity contribution in [3.05, 3.63) is 48.0 Å². The van der Waals surface area contributed by atoms with Crippen molar-refractivity contribution in [1.29, 1.82) is 0 Å². The van der Waals surface area contributed by atoms with E-state index in [9.17, 15) is 17.6 Å². The van der Waals surface area contributed by atoms with E-state index in [1.807, 2.05) is 0 Å². The van der Waals surface area contributed by atoms with Gasteiger partial charge in [0.05, 0.1) is 5.69 Å². The normalized spacial score (nSPS) is 11.3. The van der Waals surface area contributed by atoms with E-state index in [4.69, 9.17) is 9.52 Å². The third-order valence-electron chi connectivity index (χ3n) is 2.60. The molecule has 0 aliphatic rings. The van der Waals surface area contributed by atoms with E-state index in [1.165, 1.54) is 18.2 Å². The molecule has 0 amide bonds. The second-order valence-electron chi connectivity index (χ2n) is 3.85. The number of sulfonamides is 1. The number of rotatable bonds is 4. The van der Waals surface area contributed by atoms with Gasteiger partial charge in [0.1, 0.15) is 5.82 Å². The van der Waals surface area contributed by atoms with Crippen molar-refractivity contribution in [3.8, 4) is 0 Å². The quantitative estimate of drug-likeness (QED) is 0.932. The van der Waals surface area contributed by atoms with Crippen LogP contribution in [0, 0.1) is 5.82 Å². The molecule has 106 valence electrons. The molecule has 1 aromatic heterocycles. The summed E-state index contributed by atoms with van der Waals surface area (Å²) in [5.74, 6) is -2.62. The first-order valence-corrected chi connectivity index (χ1v) is 6.84. The van der Waals surface area contributed by atoms with Crippen LogP contribution >= 0.6 is 0 Å². The minimum Gasteiger partial charge on any atom is -0.475 e. The standard InChI is InChI=1S/C12H10FNO5S/c1-14(9-5-3-2-4-8(9)13)20(17,18)11-7-6-10(19-11)12(15)16/h2-7H,1H3,(H,15,16). The number of nitrogens with zero attached hydrogens (tertiary/aromatic N) is 1. The molecule has 1 aromatic carbocycles. The molecule has 2 rings (SSSR count). The van der Waals surface area contributed by atoms with Crippen molar-refractivity contribution >= 4 is 21.7 Å². The lowest BCUT2D eigenvalue weighted by Crippen LogP contribution is -2.27. The lowest BCUT2D eigenvalue weighted by atomic mass is 10.3. The van der Waals surface area contributed by atoms with Crippen LogP contribution in [0.25, 0.3) is 0 Å². The molecule has 0 radical (unpaired) electrons. The van der Waals surface area contributed by atoms with Gasteiger partial charge in [-0.1, -0.05) is 12.1 Å². The molecule has 6 nitrogen and oxygen atoms in total. The molecule has 2 aromatic rings. The third kappa shape index (κ3) is 2.37. The van der Waals surface area contributed by atoms with Gasteiger partial charge in [-0.3, -0.25) is 4.31 Å². The van der Waals surface area contributed by atoms with Crippen molar-refractivity contribution in [2.75, 3.05) is 11.4 Å². The molecule has 1 N–H and O–H groups in total. The average molecular weight is 299 g/mol. The summed E-state index contributed by atoms with van der Waals surface area (Å²) in [6, 6.07) is 7.34. The van der Waals surface area contributed by atoms with Gasteiger partial charge in [0, 0.05) is 7.05 Å². The van der Waals surface area contributed by atoms with Crippen LogP contribution in [0.1, 0.15) is 10.6 Å².